The smallest absolute Gasteiger partial charge is 0.252 e. The third kappa shape index (κ3) is 4.25. The summed E-state index contributed by atoms with van der Waals surface area (Å²) in [7, 11) is 0. The molecule has 4 rings (SSSR count). The molecular weight excluding hydrogens is 348 g/mol. The van der Waals surface area contributed by atoms with E-state index >= 15 is 0 Å². The van der Waals surface area contributed by atoms with Gasteiger partial charge in [-0.15, -0.1) is 0 Å². The summed E-state index contributed by atoms with van der Waals surface area (Å²) in [5.41, 5.74) is 1.87. The molecule has 0 spiro atoms. The maximum atomic E-state index is 12.1. The van der Waals surface area contributed by atoms with E-state index in [4.69, 9.17) is 9.47 Å². The van der Waals surface area contributed by atoms with Gasteiger partial charge in [0.25, 0.3) is 5.56 Å². The van der Waals surface area contributed by atoms with E-state index in [1.807, 2.05) is 6.92 Å². The number of nitrogens with zero attached hydrogens (tertiary/aromatic N) is 4. The molecule has 0 amide bonds. The number of rotatable bonds is 5. The van der Waals surface area contributed by atoms with Crippen LogP contribution in [0, 0.1) is 6.92 Å². The van der Waals surface area contributed by atoms with Gasteiger partial charge in [-0.25, -0.2) is 15.0 Å². The fourth-order valence-corrected chi connectivity index (χ4v) is 3.32. The van der Waals surface area contributed by atoms with Crippen LogP contribution in [0.15, 0.2) is 17.1 Å². The van der Waals surface area contributed by atoms with E-state index in [9.17, 15) is 4.79 Å². The highest BCUT2D eigenvalue weighted by atomic mass is 16.5. The minimum absolute atomic E-state index is 0.164. The number of aryl methyl sites for hydroxylation is 1. The van der Waals surface area contributed by atoms with Crippen LogP contribution >= 0.6 is 0 Å². The van der Waals surface area contributed by atoms with Gasteiger partial charge in [0.05, 0.1) is 30.7 Å². The molecule has 0 aliphatic carbocycles. The third-order valence-electron chi connectivity index (χ3n) is 4.80. The molecule has 1 atom stereocenters. The van der Waals surface area contributed by atoms with Gasteiger partial charge in [-0.2, -0.15) is 0 Å². The van der Waals surface area contributed by atoms with E-state index in [0.717, 1.165) is 43.8 Å². The maximum Gasteiger partial charge on any atom is 0.252 e. The molecule has 144 valence electrons. The molecule has 2 fully saturated rings. The number of H-pyrrole nitrogens is 1. The van der Waals surface area contributed by atoms with E-state index in [1.54, 1.807) is 6.20 Å². The lowest BCUT2D eigenvalue weighted by Gasteiger charge is -2.27. The quantitative estimate of drug-likeness (QED) is 0.800. The van der Waals surface area contributed by atoms with Gasteiger partial charge in [-0.05, 0) is 19.8 Å². The molecule has 2 aliphatic rings. The lowest BCUT2D eigenvalue weighted by molar-refractivity contribution is 0.120. The van der Waals surface area contributed by atoms with Crippen LogP contribution in [-0.4, -0.2) is 65.5 Å². The van der Waals surface area contributed by atoms with Gasteiger partial charge in [-0.1, -0.05) is 0 Å². The molecule has 27 heavy (non-hydrogen) atoms. The second-order valence-corrected chi connectivity index (χ2v) is 6.76. The fraction of sp³-hybridized carbons (Fsp3) is 0.556. The van der Waals surface area contributed by atoms with Crippen molar-refractivity contribution in [2.24, 2.45) is 0 Å². The summed E-state index contributed by atoms with van der Waals surface area (Å²) in [5.74, 6) is 1.12. The van der Waals surface area contributed by atoms with Gasteiger partial charge in [0.15, 0.2) is 0 Å². The van der Waals surface area contributed by atoms with E-state index < -0.39 is 0 Å². The SMILES string of the molecule is Cc1nc(N2CCOCC2)ncc1-c1cc(=O)[nH]c(NC[C@H]2CCCO2)n1. The maximum absolute atomic E-state index is 12.1. The van der Waals surface area contributed by atoms with Crippen molar-refractivity contribution in [2.45, 2.75) is 25.9 Å². The van der Waals surface area contributed by atoms with Gasteiger partial charge in [0, 0.05) is 44.1 Å². The first kappa shape index (κ1) is 17.9. The predicted molar refractivity (Wildman–Crippen MR) is 101 cm³/mol. The topological polar surface area (TPSA) is 105 Å². The Labute approximate surface area is 157 Å². The number of hydrogen-bond acceptors (Lipinski definition) is 8. The Morgan fingerprint density at radius 2 is 2.15 bits per heavy atom. The highest BCUT2D eigenvalue weighted by Gasteiger charge is 2.17. The van der Waals surface area contributed by atoms with Gasteiger partial charge in [-0.3, -0.25) is 9.78 Å². The lowest BCUT2D eigenvalue weighted by Crippen LogP contribution is -2.37. The summed E-state index contributed by atoms with van der Waals surface area (Å²) in [6, 6.07) is 1.47. The highest BCUT2D eigenvalue weighted by Crippen LogP contribution is 2.21. The van der Waals surface area contributed by atoms with Gasteiger partial charge in [0.1, 0.15) is 0 Å². The molecule has 4 heterocycles. The van der Waals surface area contributed by atoms with Crippen LogP contribution < -0.4 is 15.8 Å². The van der Waals surface area contributed by atoms with Gasteiger partial charge in [0.2, 0.25) is 11.9 Å². The molecule has 0 bridgehead atoms. The van der Waals surface area contributed by atoms with Crippen molar-refractivity contribution in [1.82, 2.24) is 19.9 Å². The number of morpholine rings is 1. The molecule has 2 aromatic rings. The van der Waals surface area contributed by atoms with E-state index in [0.29, 0.717) is 37.3 Å². The van der Waals surface area contributed by atoms with Crippen LogP contribution in [0.4, 0.5) is 11.9 Å². The summed E-state index contributed by atoms with van der Waals surface area (Å²) in [6.45, 7) is 6.24. The summed E-state index contributed by atoms with van der Waals surface area (Å²) >= 11 is 0. The molecule has 2 aromatic heterocycles. The Morgan fingerprint density at radius 1 is 1.30 bits per heavy atom. The first-order valence-electron chi connectivity index (χ1n) is 9.32. The molecule has 0 unspecified atom stereocenters. The first-order valence-corrected chi connectivity index (χ1v) is 9.32. The van der Waals surface area contributed by atoms with E-state index in [-0.39, 0.29) is 11.7 Å². The number of anilines is 2. The number of hydrogen-bond donors (Lipinski definition) is 2. The fourth-order valence-electron chi connectivity index (χ4n) is 3.32. The molecule has 2 aliphatic heterocycles. The van der Waals surface area contributed by atoms with Crippen molar-refractivity contribution in [3.8, 4) is 11.3 Å². The van der Waals surface area contributed by atoms with Crippen molar-refractivity contribution < 1.29 is 9.47 Å². The molecule has 2 N–H and O–H groups in total. The zero-order chi connectivity index (χ0) is 18.6. The van der Waals surface area contributed by atoms with Crippen LogP contribution in [-0.2, 0) is 9.47 Å². The Kier molecular flexibility index (Phi) is 5.30. The average Bonchev–Trinajstić information content (AvgIpc) is 3.20. The number of nitrogens with one attached hydrogen (secondary N) is 2. The second kappa shape index (κ2) is 8.01. The molecule has 0 aromatic carbocycles. The summed E-state index contributed by atoms with van der Waals surface area (Å²) in [4.78, 5) is 30.5. The minimum Gasteiger partial charge on any atom is -0.378 e. The standard InChI is InChI=1S/C18H24N6O3/c1-12-14(11-20-18(21-12)24-4-7-26-8-5-24)15-9-16(25)23-17(22-15)19-10-13-3-2-6-27-13/h9,11,13H,2-8,10H2,1H3,(H2,19,22,23,25)/t13-/m1/s1. The van der Waals surface area contributed by atoms with Crippen molar-refractivity contribution in [2.75, 3.05) is 49.7 Å². The zero-order valence-electron chi connectivity index (χ0n) is 15.4. The Bertz CT molecular complexity index is 843. The molecule has 9 nitrogen and oxygen atoms in total. The Balaban J connectivity index is 1.54. The normalized spacial score (nSPS) is 20.0. The number of ether oxygens (including phenoxy) is 2. The van der Waals surface area contributed by atoms with E-state index in [2.05, 4.69) is 30.2 Å². The van der Waals surface area contributed by atoms with Crippen LogP contribution in [0.1, 0.15) is 18.5 Å². The first-order chi connectivity index (χ1) is 13.2. The average molecular weight is 372 g/mol. The van der Waals surface area contributed by atoms with Crippen LogP contribution in [0.3, 0.4) is 0 Å². The monoisotopic (exact) mass is 372 g/mol. The minimum atomic E-state index is -0.216. The van der Waals surface area contributed by atoms with Crippen molar-refractivity contribution in [3.63, 3.8) is 0 Å². The molecule has 0 saturated carbocycles. The largest absolute Gasteiger partial charge is 0.378 e. The molecule has 9 heteroatoms. The number of aromatic amines is 1. The number of aromatic nitrogens is 4. The lowest BCUT2D eigenvalue weighted by atomic mass is 10.2. The van der Waals surface area contributed by atoms with Crippen LogP contribution in [0.2, 0.25) is 0 Å². The van der Waals surface area contributed by atoms with Crippen molar-refractivity contribution in [3.05, 3.63) is 28.3 Å². The molecule has 0 radical (unpaired) electrons. The Morgan fingerprint density at radius 3 is 2.89 bits per heavy atom. The highest BCUT2D eigenvalue weighted by molar-refractivity contribution is 5.62. The van der Waals surface area contributed by atoms with Crippen LogP contribution in [0.5, 0.6) is 0 Å². The second-order valence-electron chi connectivity index (χ2n) is 6.76. The van der Waals surface area contributed by atoms with Gasteiger partial charge < -0.3 is 19.7 Å². The summed E-state index contributed by atoms with van der Waals surface area (Å²) in [5, 5.41) is 3.17. The zero-order valence-corrected chi connectivity index (χ0v) is 15.4. The molecule has 2 saturated heterocycles. The van der Waals surface area contributed by atoms with E-state index in [1.165, 1.54) is 6.07 Å². The van der Waals surface area contributed by atoms with Crippen LogP contribution in [0.25, 0.3) is 11.3 Å². The summed E-state index contributed by atoms with van der Waals surface area (Å²) < 4.78 is 11.0. The Hall–Kier alpha value is -2.52. The predicted octanol–water partition coefficient (Wildman–Crippen LogP) is 0.963. The molecular formula is C18H24N6O3. The third-order valence-corrected chi connectivity index (χ3v) is 4.80. The van der Waals surface area contributed by atoms with Gasteiger partial charge >= 0.3 is 0 Å². The van der Waals surface area contributed by atoms with Crippen molar-refractivity contribution in [1.29, 1.82) is 0 Å². The van der Waals surface area contributed by atoms with Crippen molar-refractivity contribution >= 4 is 11.9 Å². The summed E-state index contributed by atoms with van der Waals surface area (Å²) in [6.07, 6.45) is 3.99.